The number of aromatic nitrogens is 4. The first kappa shape index (κ1) is 17.7. The van der Waals surface area contributed by atoms with Crippen LogP contribution >= 0.6 is 0 Å². The number of anilines is 2. The Morgan fingerprint density at radius 2 is 1.96 bits per heavy atom. The lowest BCUT2D eigenvalue weighted by molar-refractivity contribution is 0.442. The lowest BCUT2D eigenvalue weighted by atomic mass is 9.96. The van der Waals surface area contributed by atoms with E-state index >= 15 is 0 Å². The summed E-state index contributed by atoms with van der Waals surface area (Å²) in [6.07, 6.45) is 9.74. The van der Waals surface area contributed by atoms with Crippen LogP contribution in [0.3, 0.4) is 0 Å². The number of rotatable bonds is 3. The standard InChI is InChI=1S/C18H22N6O2S/c1-18(27(2,25)26)4-7-23(8-5-18)15-3-6-20-11-14(15)13-10-21-17-9-16(19)22-24(17)12-13/h3,6,9-12H,4-5,7-8H2,1-2H3,(H2,19,22). The average Bonchev–Trinajstić information content (AvgIpc) is 3.00. The molecule has 0 amide bonds. The number of nitrogens with two attached hydrogens (primary N) is 1. The van der Waals surface area contributed by atoms with E-state index in [9.17, 15) is 8.42 Å². The van der Waals surface area contributed by atoms with Gasteiger partial charge in [0.1, 0.15) is 5.82 Å². The Kier molecular flexibility index (Phi) is 4.06. The molecule has 0 bridgehead atoms. The molecule has 9 heteroatoms. The van der Waals surface area contributed by atoms with Gasteiger partial charge in [-0.2, -0.15) is 0 Å². The molecule has 142 valence electrons. The van der Waals surface area contributed by atoms with Gasteiger partial charge in [-0.15, -0.1) is 5.10 Å². The topological polar surface area (TPSA) is 106 Å². The summed E-state index contributed by atoms with van der Waals surface area (Å²) in [7, 11) is -3.09. The van der Waals surface area contributed by atoms with Crippen molar-refractivity contribution in [1.29, 1.82) is 0 Å². The third-order valence-corrected chi connectivity index (χ3v) is 7.70. The van der Waals surface area contributed by atoms with E-state index in [1.165, 1.54) is 6.26 Å². The monoisotopic (exact) mass is 386 g/mol. The molecule has 0 unspecified atom stereocenters. The molecule has 1 aliphatic rings. The third kappa shape index (κ3) is 3.12. The van der Waals surface area contributed by atoms with E-state index in [4.69, 9.17) is 5.73 Å². The molecule has 1 aliphatic heterocycles. The third-order valence-electron chi connectivity index (χ3n) is 5.50. The number of sulfone groups is 1. The molecule has 0 radical (unpaired) electrons. The van der Waals surface area contributed by atoms with Gasteiger partial charge < -0.3 is 10.6 Å². The van der Waals surface area contributed by atoms with Crippen LogP contribution in [-0.2, 0) is 9.84 Å². The first-order chi connectivity index (χ1) is 12.8. The first-order valence-corrected chi connectivity index (χ1v) is 10.7. The Labute approximate surface area is 158 Å². The Morgan fingerprint density at radius 1 is 1.22 bits per heavy atom. The van der Waals surface area contributed by atoms with Crippen molar-refractivity contribution in [2.24, 2.45) is 0 Å². The van der Waals surface area contributed by atoms with Gasteiger partial charge in [0.25, 0.3) is 0 Å². The molecule has 4 rings (SSSR count). The van der Waals surface area contributed by atoms with E-state index in [1.807, 2.05) is 19.2 Å². The minimum Gasteiger partial charge on any atom is -0.382 e. The van der Waals surface area contributed by atoms with Crippen LogP contribution in [0.2, 0.25) is 0 Å². The van der Waals surface area contributed by atoms with E-state index in [2.05, 4.69) is 20.0 Å². The maximum absolute atomic E-state index is 12.1. The van der Waals surface area contributed by atoms with Gasteiger partial charge in [0.05, 0.1) is 4.75 Å². The average molecular weight is 386 g/mol. The predicted octanol–water partition coefficient (Wildman–Crippen LogP) is 1.78. The van der Waals surface area contributed by atoms with Crippen LogP contribution < -0.4 is 10.6 Å². The second-order valence-electron chi connectivity index (χ2n) is 7.32. The molecule has 0 atom stereocenters. The number of piperidine rings is 1. The summed E-state index contributed by atoms with van der Waals surface area (Å²) in [6.45, 7) is 3.18. The predicted molar refractivity (Wildman–Crippen MR) is 105 cm³/mol. The smallest absolute Gasteiger partial charge is 0.157 e. The summed E-state index contributed by atoms with van der Waals surface area (Å²) in [6, 6.07) is 3.67. The van der Waals surface area contributed by atoms with Crippen LogP contribution in [0.5, 0.6) is 0 Å². The highest BCUT2D eigenvalue weighted by Crippen LogP contribution is 2.36. The zero-order chi connectivity index (χ0) is 19.2. The molecule has 4 heterocycles. The van der Waals surface area contributed by atoms with E-state index in [0.717, 1.165) is 16.8 Å². The molecule has 0 spiro atoms. The number of hydrogen-bond acceptors (Lipinski definition) is 7. The van der Waals surface area contributed by atoms with Crippen LogP contribution in [-0.4, -0.2) is 52.1 Å². The van der Waals surface area contributed by atoms with Gasteiger partial charge in [0, 0.05) is 67.0 Å². The van der Waals surface area contributed by atoms with Crippen LogP contribution in [0.4, 0.5) is 11.5 Å². The summed E-state index contributed by atoms with van der Waals surface area (Å²) in [5, 5.41) is 4.22. The van der Waals surface area contributed by atoms with Gasteiger partial charge in [-0.3, -0.25) is 4.98 Å². The summed E-state index contributed by atoms with van der Waals surface area (Å²) >= 11 is 0. The fourth-order valence-corrected chi connectivity index (χ4v) is 4.44. The molecule has 3 aromatic rings. The SMILES string of the molecule is CC1(S(C)(=O)=O)CCN(c2ccncc2-c2cnc3cc(N)nn3c2)CC1. The lowest BCUT2D eigenvalue weighted by Crippen LogP contribution is -2.47. The summed E-state index contributed by atoms with van der Waals surface area (Å²) in [5.74, 6) is 0.419. The van der Waals surface area contributed by atoms with Crippen molar-refractivity contribution in [1.82, 2.24) is 19.6 Å². The van der Waals surface area contributed by atoms with Crippen molar-refractivity contribution in [2.75, 3.05) is 30.0 Å². The molecular formula is C18H22N6O2S. The van der Waals surface area contributed by atoms with Gasteiger partial charge in [-0.25, -0.2) is 17.9 Å². The van der Waals surface area contributed by atoms with Crippen molar-refractivity contribution in [2.45, 2.75) is 24.5 Å². The Balaban J connectivity index is 1.67. The van der Waals surface area contributed by atoms with Crippen molar-refractivity contribution in [3.63, 3.8) is 0 Å². The number of fused-ring (bicyclic) bond motifs is 1. The van der Waals surface area contributed by atoms with Gasteiger partial charge in [0.15, 0.2) is 15.5 Å². The Bertz CT molecular complexity index is 1100. The quantitative estimate of drug-likeness (QED) is 0.731. The lowest BCUT2D eigenvalue weighted by Gasteiger charge is -2.39. The molecule has 1 fully saturated rings. The molecule has 0 saturated carbocycles. The van der Waals surface area contributed by atoms with E-state index in [0.29, 0.717) is 37.4 Å². The maximum Gasteiger partial charge on any atom is 0.157 e. The molecule has 0 aromatic carbocycles. The normalized spacial score (nSPS) is 17.3. The molecule has 2 N–H and O–H groups in total. The zero-order valence-electron chi connectivity index (χ0n) is 15.3. The molecule has 1 saturated heterocycles. The molecule has 8 nitrogen and oxygen atoms in total. The number of nitrogens with zero attached hydrogens (tertiary/aromatic N) is 5. The molecule has 27 heavy (non-hydrogen) atoms. The van der Waals surface area contributed by atoms with E-state index in [1.54, 1.807) is 29.2 Å². The second-order valence-corrected chi connectivity index (χ2v) is 9.85. The van der Waals surface area contributed by atoms with Gasteiger partial charge in [-0.1, -0.05) is 0 Å². The Hall–Kier alpha value is -2.68. The highest BCUT2D eigenvalue weighted by molar-refractivity contribution is 7.92. The number of pyridine rings is 1. The highest BCUT2D eigenvalue weighted by Gasteiger charge is 2.39. The van der Waals surface area contributed by atoms with E-state index < -0.39 is 14.6 Å². The van der Waals surface area contributed by atoms with Gasteiger partial charge in [-0.05, 0) is 25.8 Å². The number of nitrogen functional groups attached to an aromatic ring is 1. The van der Waals surface area contributed by atoms with E-state index in [-0.39, 0.29) is 0 Å². The summed E-state index contributed by atoms with van der Waals surface area (Å²) in [5.41, 5.74) is 9.26. The van der Waals surface area contributed by atoms with Gasteiger partial charge >= 0.3 is 0 Å². The van der Waals surface area contributed by atoms with Crippen molar-refractivity contribution >= 4 is 27.0 Å². The van der Waals surface area contributed by atoms with Crippen LogP contribution in [0.15, 0.2) is 36.9 Å². The second kappa shape index (κ2) is 6.19. The van der Waals surface area contributed by atoms with Crippen LogP contribution in [0.25, 0.3) is 16.8 Å². The minimum atomic E-state index is -3.09. The number of hydrogen-bond donors (Lipinski definition) is 1. The largest absolute Gasteiger partial charge is 0.382 e. The van der Waals surface area contributed by atoms with Crippen molar-refractivity contribution in [3.8, 4) is 11.1 Å². The van der Waals surface area contributed by atoms with Crippen molar-refractivity contribution in [3.05, 3.63) is 36.9 Å². The summed E-state index contributed by atoms with van der Waals surface area (Å²) < 4.78 is 25.2. The van der Waals surface area contributed by atoms with Gasteiger partial charge in [0.2, 0.25) is 0 Å². The minimum absolute atomic E-state index is 0.419. The molecule has 3 aromatic heterocycles. The maximum atomic E-state index is 12.1. The summed E-state index contributed by atoms with van der Waals surface area (Å²) in [4.78, 5) is 10.9. The fourth-order valence-electron chi connectivity index (χ4n) is 3.51. The molecule has 0 aliphatic carbocycles. The Morgan fingerprint density at radius 3 is 2.67 bits per heavy atom. The van der Waals surface area contributed by atoms with Crippen LogP contribution in [0.1, 0.15) is 19.8 Å². The molecular weight excluding hydrogens is 364 g/mol. The zero-order valence-corrected chi connectivity index (χ0v) is 16.1. The highest BCUT2D eigenvalue weighted by atomic mass is 32.2. The van der Waals surface area contributed by atoms with Crippen molar-refractivity contribution < 1.29 is 8.42 Å². The fraction of sp³-hybridized carbons (Fsp3) is 0.389. The van der Waals surface area contributed by atoms with Crippen LogP contribution in [0, 0.1) is 0 Å². The first-order valence-electron chi connectivity index (χ1n) is 8.77.